The third-order valence-electron chi connectivity index (χ3n) is 8.66. The molecule has 1 aliphatic heterocycles. The van der Waals surface area contributed by atoms with Crippen molar-refractivity contribution in [1.82, 2.24) is 43.0 Å². The molecule has 13 N–H and O–H groups in total. The smallest absolute Gasteiger partial charge is 0.245 e. The second-order valence-corrected chi connectivity index (χ2v) is 13.8. The molecule has 2 unspecified atom stereocenters. The third-order valence-corrected chi connectivity index (χ3v) is 9.31. The minimum absolute atomic E-state index is 0.0153. The van der Waals surface area contributed by atoms with E-state index in [4.69, 9.17) is 5.73 Å². The predicted molar refractivity (Wildman–Crippen MR) is 203 cm³/mol. The molecule has 1 fully saturated rings. The van der Waals surface area contributed by atoms with Crippen LogP contribution in [-0.2, 0) is 40.0 Å². The van der Waals surface area contributed by atoms with Gasteiger partial charge in [-0.2, -0.15) is 11.8 Å². The van der Waals surface area contributed by atoms with Crippen molar-refractivity contribution < 1.29 is 48.9 Å². The van der Waals surface area contributed by atoms with Crippen LogP contribution in [0.3, 0.4) is 0 Å². The first kappa shape index (κ1) is 46.9. The number of aldehydes is 1. The molecule has 1 saturated heterocycles. The Morgan fingerprint density at radius 3 is 2.27 bits per heavy atom. The summed E-state index contributed by atoms with van der Waals surface area (Å²) < 4.78 is 0. The molecule has 55 heavy (non-hydrogen) atoms. The van der Waals surface area contributed by atoms with E-state index in [1.54, 1.807) is 30.3 Å². The van der Waals surface area contributed by atoms with Gasteiger partial charge < -0.3 is 47.1 Å². The molecule has 0 saturated carbocycles. The van der Waals surface area contributed by atoms with Crippen LogP contribution in [0.4, 0.5) is 0 Å². The fraction of sp³-hybridized carbons (Fsp3) is 0.571. The number of hydrazine groups is 2. The van der Waals surface area contributed by atoms with Crippen LogP contribution in [0.15, 0.2) is 42.6 Å². The van der Waals surface area contributed by atoms with Gasteiger partial charge in [-0.1, -0.05) is 36.9 Å². The Balaban J connectivity index is 2.29. The number of aliphatic hydroxyl groups excluding tert-OH is 3. The van der Waals surface area contributed by atoms with Crippen molar-refractivity contribution >= 4 is 53.2 Å². The summed E-state index contributed by atoms with van der Waals surface area (Å²) in [7, 11) is 0. The summed E-state index contributed by atoms with van der Waals surface area (Å²) in [6.07, 6.45) is 3.16. The Bertz CT molecular complexity index is 1440. The van der Waals surface area contributed by atoms with E-state index in [1.807, 2.05) is 6.26 Å². The van der Waals surface area contributed by atoms with Crippen molar-refractivity contribution in [3.8, 4) is 0 Å². The highest BCUT2D eigenvalue weighted by atomic mass is 32.2. The first-order chi connectivity index (χ1) is 26.4. The van der Waals surface area contributed by atoms with Crippen molar-refractivity contribution in [1.29, 1.82) is 0 Å². The van der Waals surface area contributed by atoms with Crippen molar-refractivity contribution in [3.63, 3.8) is 0 Å². The minimum Gasteiger partial charge on any atom is -0.394 e. The molecule has 0 aliphatic carbocycles. The molecule has 1 aliphatic rings. The average Bonchev–Trinajstić information content (AvgIpc) is 3.18. The summed E-state index contributed by atoms with van der Waals surface area (Å²) in [6, 6.07) is 0.700. The van der Waals surface area contributed by atoms with Gasteiger partial charge in [0.15, 0.2) is 0 Å². The fourth-order valence-corrected chi connectivity index (χ4v) is 5.85. The van der Waals surface area contributed by atoms with Gasteiger partial charge in [-0.25, -0.2) is 21.7 Å². The van der Waals surface area contributed by atoms with E-state index in [0.717, 1.165) is 5.56 Å². The zero-order chi connectivity index (χ0) is 40.8. The molecule has 1 heterocycles. The summed E-state index contributed by atoms with van der Waals surface area (Å²) in [5.41, 5.74) is 16.8. The summed E-state index contributed by atoms with van der Waals surface area (Å²) >= 11 is 1.47. The van der Waals surface area contributed by atoms with Gasteiger partial charge in [0.25, 0.3) is 0 Å². The molecule has 7 atom stereocenters. The molecule has 0 aromatic heterocycles. The van der Waals surface area contributed by atoms with E-state index < -0.39 is 97.3 Å². The van der Waals surface area contributed by atoms with Crippen LogP contribution in [-0.4, -0.2) is 137 Å². The Morgan fingerprint density at radius 1 is 0.945 bits per heavy atom. The van der Waals surface area contributed by atoms with Crippen LogP contribution in [0.25, 0.3) is 0 Å². The number of carbonyl (C=O) groups excluding carboxylic acids is 7. The highest BCUT2D eigenvalue weighted by Gasteiger charge is 2.34. The third kappa shape index (κ3) is 16.5. The van der Waals surface area contributed by atoms with Crippen LogP contribution in [0.5, 0.6) is 0 Å². The number of carbonyl (C=O) groups is 7. The maximum Gasteiger partial charge on any atom is 0.245 e. The zero-order valence-corrected chi connectivity index (χ0v) is 31.7. The molecule has 4 amide bonds. The quantitative estimate of drug-likeness (QED) is 0.0361. The zero-order valence-electron chi connectivity index (χ0n) is 30.9. The van der Waals surface area contributed by atoms with Gasteiger partial charge in [-0.15, -0.1) is 0 Å². The standard InChI is InChI=1S/C35H55N9O10S/c1-21-24(13-15-55-2)39-34(53)26(42-41-23(17-45)18-46)11-12-30(49)37-14-7-6-10-25(40-35(54)29(20-48)38-21)31(50)32(51)28(19-47)44-43-27(33(36)52)16-22-8-4-3-5-9-22/h3-5,8-9,17,23-29,38,41-44,46-48H,1,6-7,10-16,18-20H2,2H3,(H2,36,52)(H,37,49)(H,39,53)(H,40,54)/t23-,24+,25?,26?,27+,28+,29+/m1/s1. The number of primary amides is 1. The van der Waals surface area contributed by atoms with Gasteiger partial charge in [-0.3, -0.25) is 28.8 Å². The number of rotatable bonds is 19. The SMILES string of the molecule is C=C1N[C@@H](CO)C(=O)NC(C(=O)C(=O)[C@H](CO)NN[C@@H](Cc2ccccc2)C(N)=O)CCCCNC(=O)CCC(NN[C@H](C=O)CO)C(=O)N[C@H]1CCSC. The van der Waals surface area contributed by atoms with Crippen LogP contribution >= 0.6 is 11.8 Å². The first-order valence-corrected chi connectivity index (χ1v) is 19.3. The fourth-order valence-electron chi connectivity index (χ4n) is 5.38. The van der Waals surface area contributed by atoms with Crippen LogP contribution in [0, 0.1) is 0 Å². The lowest BCUT2D eigenvalue weighted by Gasteiger charge is -2.29. The second-order valence-electron chi connectivity index (χ2n) is 12.9. The number of hydrogen-bond acceptors (Lipinski definition) is 16. The van der Waals surface area contributed by atoms with E-state index in [0.29, 0.717) is 24.9 Å². The Morgan fingerprint density at radius 2 is 1.65 bits per heavy atom. The molecular formula is C35H55N9O10S. The number of aliphatic hydroxyl groups is 3. The number of hydrogen-bond donors (Lipinski definition) is 12. The molecule has 20 heteroatoms. The summed E-state index contributed by atoms with van der Waals surface area (Å²) in [4.78, 5) is 90.1. The monoisotopic (exact) mass is 793 g/mol. The minimum atomic E-state index is -1.52. The van der Waals surface area contributed by atoms with Gasteiger partial charge in [0.2, 0.25) is 35.2 Å². The number of ketones is 2. The summed E-state index contributed by atoms with van der Waals surface area (Å²) in [5.74, 6) is -4.23. The van der Waals surface area contributed by atoms with Gasteiger partial charge in [0, 0.05) is 18.7 Å². The van der Waals surface area contributed by atoms with Gasteiger partial charge >= 0.3 is 0 Å². The van der Waals surface area contributed by atoms with Crippen LogP contribution in [0.1, 0.15) is 44.1 Å². The molecule has 2 rings (SSSR count). The van der Waals surface area contributed by atoms with Gasteiger partial charge in [-0.05, 0) is 56.1 Å². The maximum absolute atomic E-state index is 13.6. The van der Waals surface area contributed by atoms with Gasteiger partial charge in [0.1, 0.15) is 30.5 Å². The number of benzene rings is 1. The maximum atomic E-state index is 13.6. The predicted octanol–water partition coefficient (Wildman–Crippen LogP) is -4.03. The Hall–Kier alpha value is -4.28. The molecule has 306 valence electrons. The van der Waals surface area contributed by atoms with E-state index in [1.165, 1.54) is 11.8 Å². The summed E-state index contributed by atoms with van der Waals surface area (Å²) in [5, 5.41) is 40.5. The molecular weight excluding hydrogens is 739 g/mol. The van der Waals surface area contributed by atoms with E-state index in [9.17, 15) is 48.9 Å². The molecule has 1 aromatic rings. The lowest BCUT2D eigenvalue weighted by molar-refractivity contribution is -0.141. The highest BCUT2D eigenvalue weighted by molar-refractivity contribution is 7.98. The Labute approximate surface area is 324 Å². The topological polar surface area (TPSA) is 302 Å². The van der Waals surface area contributed by atoms with Crippen molar-refractivity contribution in [2.75, 3.05) is 38.4 Å². The van der Waals surface area contributed by atoms with Crippen molar-refractivity contribution in [3.05, 3.63) is 48.2 Å². The molecule has 0 bridgehead atoms. The lowest BCUT2D eigenvalue weighted by atomic mass is 9.98. The number of thioether (sulfide) groups is 1. The number of nitrogens with one attached hydrogen (secondary N) is 8. The van der Waals surface area contributed by atoms with Crippen LogP contribution < -0.4 is 48.7 Å². The average molecular weight is 794 g/mol. The van der Waals surface area contributed by atoms with Crippen molar-refractivity contribution in [2.24, 2.45) is 5.73 Å². The first-order valence-electron chi connectivity index (χ1n) is 17.9. The molecule has 0 radical (unpaired) electrons. The highest BCUT2D eigenvalue weighted by Crippen LogP contribution is 2.11. The van der Waals surface area contributed by atoms with E-state index >= 15 is 0 Å². The van der Waals surface area contributed by atoms with Crippen LogP contribution in [0.2, 0.25) is 0 Å². The summed E-state index contributed by atoms with van der Waals surface area (Å²) in [6.45, 7) is 1.96. The van der Waals surface area contributed by atoms with E-state index in [2.05, 4.69) is 49.5 Å². The van der Waals surface area contributed by atoms with Crippen molar-refractivity contribution in [2.45, 2.75) is 87.2 Å². The molecule has 0 spiro atoms. The lowest BCUT2D eigenvalue weighted by Crippen LogP contribution is -2.59. The number of Topliss-reactive ketones (excluding diaryl/α,β-unsaturated/α-hetero) is 2. The second kappa shape index (κ2) is 25.7. The Kier molecular flexibility index (Phi) is 21.9. The largest absolute Gasteiger partial charge is 0.394 e. The van der Waals surface area contributed by atoms with E-state index in [-0.39, 0.29) is 44.3 Å². The number of amides is 4. The van der Waals surface area contributed by atoms with Gasteiger partial charge in [0.05, 0.1) is 37.9 Å². The normalized spacial score (nSPS) is 22.3. The molecule has 1 aromatic carbocycles. The molecule has 19 nitrogen and oxygen atoms in total. The number of nitrogens with two attached hydrogens (primary N) is 1.